The summed E-state index contributed by atoms with van der Waals surface area (Å²) in [5, 5.41) is 3.40. The van der Waals surface area contributed by atoms with E-state index >= 15 is 0 Å². The summed E-state index contributed by atoms with van der Waals surface area (Å²) in [5.74, 6) is 1.04. The summed E-state index contributed by atoms with van der Waals surface area (Å²) in [5.41, 5.74) is 3.54. The molecule has 86 valence electrons. The van der Waals surface area contributed by atoms with E-state index in [1.807, 2.05) is 18.2 Å². The van der Waals surface area contributed by atoms with E-state index in [9.17, 15) is 0 Å². The lowest BCUT2D eigenvalue weighted by Gasteiger charge is -2.18. The largest absolute Gasteiger partial charge is 0.493 e. The van der Waals surface area contributed by atoms with Crippen LogP contribution in [-0.4, -0.2) is 6.61 Å². The molecule has 0 aliphatic carbocycles. The zero-order valence-corrected chi connectivity index (χ0v) is 9.65. The highest BCUT2D eigenvalue weighted by molar-refractivity contribution is 5.62. The number of anilines is 2. The zero-order chi connectivity index (χ0) is 11.5. The lowest BCUT2D eigenvalue weighted by Crippen LogP contribution is -2.08. The second-order valence-corrected chi connectivity index (χ2v) is 4.27. The maximum absolute atomic E-state index is 5.60. The van der Waals surface area contributed by atoms with Gasteiger partial charge in [0, 0.05) is 11.4 Å². The molecule has 2 aromatic rings. The van der Waals surface area contributed by atoms with Crippen molar-refractivity contribution in [2.45, 2.75) is 12.8 Å². The Kier molecular flexibility index (Phi) is 2.70. The first-order valence-electron chi connectivity index (χ1n) is 6.00. The monoisotopic (exact) mass is 225 g/mol. The number of rotatable bonds is 2. The van der Waals surface area contributed by atoms with Gasteiger partial charge in [-0.05, 0) is 48.7 Å². The minimum atomic E-state index is 0.846. The van der Waals surface area contributed by atoms with Gasteiger partial charge in [-0.15, -0.1) is 0 Å². The molecule has 1 N–H and O–H groups in total. The van der Waals surface area contributed by atoms with Gasteiger partial charge < -0.3 is 10.1 Å². The van der Waals surface area contributed by atoms with E-state index in [0.717, 1.165) is 36.6 Å². The van der Waals surface area contributed by atoms with Gasteiger partial charge >= 0.3 is 0 Å². The van der Waals surface area contributed by atoms with Crippen molar-refractivity contribution < 1.29 is 4.74 Å². The van der Waals surface area contributed by atoms with Crippen molar-refractivity contribution in [1.29, 1.82) is 0 Å². The quantitative estimate of drug-likeness (QED) is 0.840. The van der Waals surface area contributed by atoms with E-state index in [1.54, 1.807) is 0 Å². The third-order valence-corrected chi connectivity index (χ3v) is 2.97. The Hall–Kier alpha value is -1.96. The molecule has 0 fully saturated rings. The number of aryl methyl sites for hydroxylation is 1. The number of hydrogen-bond donors (Lipinski definition) is 1. The summed E-state index contributed by atoms with van der Waals surface area (Å²) in [6, 6.07) is 16.5. The van der Waals surface area contributed by atoms with Crippen molar-refractivity contribution in [3.8, 4) is 5.75 Å². The van der Waals surface area contributed by atoms with Crippen LogP contribution in [0.4, 0.5) is 11.4 Å². The lowest BCUT2D eigenvalue weighted by atomic mass is 10.1. The highest BCUT2D eigenvalue weighted by Crippen LogP contribution is 2.28. The van der Waals surface area contributed by atoms with E-state index in [2.05, 4.69) is 35.6 Å². The number of para-hydroxylation sites is 1. The third-order valence-electron chi connectivity index (χ3n) is 2.97. The predicted octanol–water partition coefficient (Wildman–Crippen LogP) is 3.76. The smallest absolute Gasteiger partial charge is 0.122 e. The van der Waals surface area contributed by atoms with Gasteiger partial charge in [-0.25, -0.2) is 0 Å². The van der Waals surface area contributed by atoms with Crippen molar-refractivity contribution in [2.24, 2.45) is 0 Å². The van der Waals surface area contributed by atoms with Gasteiger partial charge in [-0.3, -0.25) is 0 Å². The van der Waals surface area contributed by atoms with Crippen LogP contribution in [0.1, 0.15) is 12.0 Å². The molecule has 0 saturated carbocycles. The van der Waals surface area contributed by atoms with Crippen LogP contribution in [0.2, 0.25) is 0 Å². The van der Waals surface area contributed by atoms with Crippen LogP contribution in [0.15, 0.2) is 48.5 Å². The van der Waals surface area contributed by atoms with Crippen LogP contribution in [0.3, 0.4) is 0 Å². The number of fused-ring (bicyclic) bond motifs is 1. The predicted molar refractivity (Wildman–Crippen MR) is 70.0 cm³/mol. The molecule has 0 spiro atoms. The maximum Gasteiger partial charge on any atom is 0.122 e. The molecule has 0 aromatic heterocycles. The SMILES string of the molecule is c1ccc(Nc2ccc3c(c2)CCCO3)cc1. The molecule has 2 aromatic carbocycles. The normalized spacial score (nSPS) is 13.6. The Morgan fingerprint density at radius 2 is 1.82 bits per heavy atom. The van der Waals surface area contributed by atoms with Crippen LogP contribution in [-0.2, 0) is 6.42 Å². The first kappa shape index (κ1) is 10.2. The van der Waals surface area contributed by atoms with Gasteiger partial charge in [0.1, 0.15) is 5.75 Å². The Morgan fingerprint density at radius 3 is 2.71 bits per heavy atom. The van der Waals surface area contributed by atoms with Gasteiger partial charge in [0.15, 0.2) is 0 Å². The summed E-state index contributed by atoms with van der Waals surface area (Å²) >= 11 is 0. The molecule has 0 unspecified atom stereocenters. The molecule has 1 heterocycles. The first-order chi connectivity index (χ1) is 8.42. The average molecular weight is 225 g/mol. The fraction of sp³-hybridized carbons (Fsp3) is 0.200. The molecule has 17 heavy (non-hydrogen) atoms. The molecule has 0 amide bonds. The first-order valence-corrected chi connectivity index (χ1v) is 6.00. The molecule has 0 bridgehead atoms. The van der Waals surface area contributed by atoms with E-state index < -0.39 is 0 Å². The average Bonchev–Trinajstić information content (AvgIpc) is 2.40. The molecule has 0 saturated heterocycles. The van der Waals surface area contributed by atoms with Gasteiger partial charge in [0.05, 0.1) is 6.61 Å². The minimum Gasteiger partial charge on any atom is -0.493 e. The number of benzene rings is 2. The van der Waals surface area contributed by atoms with Crippen LogP contribution < -0.4 is 10.1 Å². The van der Waals surface area contributed by atoms with Gasteiger partial charge in [-0.2, -0.15) is 0 Å². The van der Waals surface area contributed by atoms with Gasteiger partial charge in [-0.1, -0.05) is 18.2 Å². The summed E-state index contributed by atoms with van der Waals surface area (Å²) in [7, 11) is 0. The Labute approximate surface area is 101 Å². The van der Waals surface area contributed by atoms with Crippen molar-refractivity contribution in [1.82, 2.24) is 0 Å². The summed E-state index contributed by atoms with van der Waals surface area (Å²) in [4.78, 5) is 0. The topological polar surface area (TPSA) is 21.3 Å². The van der Waals surface area contributed by atoms with E-state index in [4.69, 9.17) is 4.74 Å². The van der Waals surface area contributed by atoms with E-state index in [0.29, 0.717) is 0 Å². The molecule has 2 nitrogen and oxygen atoms in total. The number of nitrogens with one attached hydrogen (secondary N) is 1. The second-order valence-electron chi connectivity index (χ2n) is 4.27. The number of hydrogen-bond acceptors (Lipinski definition) is 2. The molecule has 0 radical (unpaired) electrons. The lowest BCUT2D eigenvalue weighted by molar-refractivity contribution is 0.288. The second kappa shape index (κ2) is 4.50. The summed E-state index contributed by atoms with van der Waals surface area (Å²) < 4.78 is 5.60. The highest BCUT2D eigenvalue weighted by Gasteiger charge is 2.10. The minimum absolute atomic E-state index is 0.846. The maximum atomic E-state index is 5.60. The van der Waals surface area contributed by atoms with Crippen LogP contribution >= 0.6 is 0 Å². The molecule has 1 aliphatic heterocycles. The zero-order valence-electron chi connectivity index (χ0n) is 9.65. The molecular weight excluding hydrogens is 210 g/mol. The van der Waals surface area contributed by atoms with Crippen molar-refractivity contribution >= 4 is 11.4 Å². The van der Waals surface area contributed by atoms with Gasteiger partial charge in [0.2, 0.25) is 0 Å². The fourth-order valence-electron chi connectivity index (χ4n) is 2.13. The number of ether oxygens (including phenoxy) is 1. The van der Waals surface area contributed by atoms with Crippen molar-refractivity contribution in [3.05, 3.63) is 54.1 Å². The molecule has 1 aliphatic rings. The molecule has 3 rings (SSSR count). The highest BCUT2D eigenvalue weighted by atomic mass is 16.5. The third kappa shape index (κ3) is 2.26. The van der Waals surface area contributed by atoms with Crippen LogP contribution in [0.25, 0.3) is 0 Å². The van der Waals surface area contributed by atoms with Crippen LogP contribution in [0, 0.1) is 0 Å². The molecule has 0 atom stereocenters. The van der Waals surface area contributed by atoms with Gasteiger partial charge in [0.25, 0.3) is 0 Å². The standard InChI is InChI=1S/C15H15NO/c1-2-6-13(7-3-1)16-14-8-9-15-12(11-14)5-4-10-17-15/h1-3,6-9,11,16H,4-5,10H2. The Bertz CT molecular complexity index is 508. The van der Waals surface area contributed by atoms with E-state index in [1.165, 1.54) is 5.56 Å². The van der Waals surface area contributed by atoms with E-state index in [-0.39, 0.29) is 0 Å². The molecule has 2 heteroatoms. The fourth-order valence-corrected chi connectivity index (χ4v) is 2.13. The summed E-state index contributed by atoms with van der Waals surface area (Å²) in [6.07, 6.45) is 2.22. The van der Waals surface area contributed by atoms with Crippen molar-refractivity contribution in [3.63, 3.8) is 0 Å². The van der Waals surface area contributed by atoms with Crippen LogP contribution in [0.5, 0.6) is 5.75 Å². The Balaban J connectivity index is 1.84. The summed E-state index contributed by atoms with van der Waals surface area (Å²) in [6.45, 7) is 0.846. The molecular formula is C15H15NO. The Morgan fingerprint density at radius 1 is 0.941 bits per heavy atom. The van der Waals surface area contributed by atoms with Crippen molar-refractivity contribution in [2.75, 3.05) is 11.9 Å².